The number of hydrogen-bond donors (Lipinski definition) is 5. The van der Waals surface area contributed by atoms with Crippen LogP contribution in [0.2, 0.25) is 0 Å². The van der Waals surface area contributed by atoms with Gasteiger partial charge < -0.3 is 25.0 Å². The van der Waals surface area contributed by atoms with Gasteiger partial charge in [0.15, 0.2) is 5.52 Å². The Kier molecular flexibility index (Phi) is 5.12. The molecule has 0 radical (unpaired) electrons. The van der Waals surface area contributed by atoms with E-state index in [9.17, 15) is 23.4 Å². The van der Waals surface area contributed by atoms with E-state index in [0.717, 1.165) is 12.4 Å². The number of fused-ring (bicyclic) bond motifs is 1. The van der Waals surface area contributed by atoms with Gasteiger partial charge in [-0.05, 0) is 0 Å². The summed E-state index contributed by atoms with van der Waals surface area (Å²) >= 11 is 0. The molecule has 2 unspecified atom stereocenters. The largest absolute Gasteiger partial charge is 0.555 e. The Morgan fingerprint density at radius 3 is 2.20 bits per heavy atom. The average molecular weight is 419 g/mol. The van der Waals surface area contributed by atoms with Gasteiger partial charge in [-0.25, -0.2) is 23.7 Å². The van der Waals surface area contributed by atoms with E-state index in [1.54, 1.807) is 0 Å². The molecule has 0 fully saturated rings. The molecule has 2 heterocycles. The van der Waals surface area contributed by atoms with Gasteiger partial charge in [0, 0.05) is 12.4 Å². The summed E-state index contributed by atoms with van der Waals surface area (Å²) in [5.41, 5.74) is 3.46. The number of nitrogens with zero attached hydrogens (tertiary/aromatic N) is 4. The van der Waals surface area contributed by atoms with Crippen molar-refractivity contribution in [2.24, 2.45) is 0 Å². The Balaban J connectivity index is 2.40. The predicted octanol–water partition coefficient (Wildman–Crippen LogP) is -1.48. The lowest BCUT2D eigenvalue weighted by Crippen LogP contribution is -2.23. The highest BCUT2D eigenvalue weighted by atomic mass is 31.3. The first kappa shape index (κ1) is 19.6. The summed E-state index contributed by atoms with van der Waals surface area (Å²) in [4.78, 5) is 57.4. The van der Waals surface area contributed by atoms with Crippen molar-refractivity contribution < 1.29 is 46.5 Å². The van der Waals surface area contributed by atoms with Crippen molar-refractivity contribution in [3.05, 3.63) is 22.7 Å². The second kappa shape index (κ2) is 6.53. The van der Waals surface area contributed by atoms with Gasteiger partial charge in [-0.2, -0.15) is 13.6 Å². The van der Waals surface area contributed by atoms with E-state index in [2.05, 4.69) is 28.2 Å². The summed E-state index contributed by atoms with van der Waals surface area (Å²) in [6.07, 6.45) is 2.15. The molecular formula is C6H8N5O11P3. The highest BCUT2D eigenvalue weighted by Gasteiger charge is 2.42. The molecule has 0 bridgehead atoms. The SMILES string of the molecule is Nc1nc(=O)c2nccnc2n1OP(=O)(O)OP(=O)(O)OP(=O)(O)O. The van der Waals surface area contributed by atoms with E-state index in [1.165, 1.54) is 0 Å². The molecule has 0 saturated heterocycles. The van der Waals surface area contributed by atoms with Crippen LogP contribution in [0.3, 0.4) is 0 Å². The van der Waals surface area contributed by atoms with Crippen LogP contribution in [-0.2, 0) is 22.3 Å². The second-order valence-electron chi connectivity index (χ2n) is 3.97. The summed E-state index contributed by atoms with van der Waals surface area (Å²) < 4.78 is 45.2. The maximum atomic E-state index is 11.8. The van der Waals surface area contributed by atoms with Crippen molar-refractivity contribution >= 4 is 40.6 Å². The van der Waals surface area contributed by atoms with Crippen molar-refractivity contribution in [3.8, 4) is 0 Å². The van der Waals surface area contributed by atoms with E-state index >= 15 is 0 Å². The summed E-state index contributed by atoms with van der Waals surface area (Å²) in [6, 6.07) is 0. The first-order valence-electron chi connectivity index (χ1n) is 5.63. The van der Waals surface area contributed by atoms with Gasteiger partial charge in [-0.1, -0.05) is 0 Å². The van der Waals surface area contributed by atoms with Crippen LogP contribution in [0.5, 0.6) is 0 Å². The molecule has 2 aromatic rings. The van der Waals surface area contributed by atoms with Crippen LogP contribution in [0.1, 0.15) is 0 Å². The maximum absolute atomic E-state index is 11.8. The third-order valence-electron chi connectivity index (χ3n) is 2.10. The van der Waals surface area contributed by atoms with Gasteiger partial charge in [-0.15, -0.1) is 4.73 Å². The molecule has 19 heteroatoms. The standard InChI is InChI=1S/C6H8N5O11P3/c7-6-10-5(12)3-4(9-2-1-8-3)11(6)20-24(16,17)22-25(18,19)21-23(13,14)15/h1-2H,(H,16,17)(H,18,19)(H2,7,10,12)(H2,13,14,15). The summed E-state index contributed by atoms with van der Waals surface area (Å²) in [5.74, 6) is -0.806. The van der Waals surface area contributed by atoms with E-state index in [1.807, 2.05) is 0 Å². The van der Waals surface area contributed by atoms with Gasteiger partial charge >= 0.3 is 29.0 Å². The molecule has 0 amide bonds. The number of rotatable bonds is 6. The van der Waals surface area contributed by atoms with Crippen molar-refractivity contribution in [2.75, 3.05) is 5.73 Å². The third kappa shape index (κ3) is 5.12. The zero-order valence-corrected chi connectivity index (χ0v) is 14.2. The predicted molar refractivity (Wildman–Crippen MR) is 76.5 cm³/mol. The quantitative estimate of drug-likeness (QED) is 0.335. The molecular weight excluding hydrogens is 411 g/mol. The monoisotopic (exact) mass is 419 g/mol. The first-order chi connectivity index (χ1) is 11.3. The Morgan fingerprint density at radius 1 is 1.00 bits per heavy atom. The molecule has 0 saturated carbocycles. The van der Waals surface area contributed by atoms with Crippen LogP contribution in [0.25, 0.3) is 11.2 Å². The molecule has 2 aromatic heterocycles. The Labute approximate surface area is 136 Å². The molecule has 16 nitrogen and oxygen atoms in total. The summed E-state index contributed by atoms with van der Waals surface area (Å²) in [6.45, 7) is 0. The van der Waals surface area contributed by atoms with Crippen LogP contribution >= 0.6 is 23.5 Å². The van der Waals surface area contributed by atoms with E-state index in [4.69, 9.17) is 20.4 Å². The zero-order chi connectivity index (χ0) is 19.0. The maximum Gasteiger partial charge on any atom is 0.555 e. The minimum absolute atomic E-state index is 0.196. The molecule has 0 aliphatic carbocycles. The minimum atomic E-state index is -5.73. The Hall–Kier alpha value is -1.73. The Morgan fingerprint density at radius 2 is 1.60 bits per heavy atom. The number of nitrogen functional groups attached to an aromatic ring is 1. The minimum Gasteiger partial charge on any atom is -0.367 e. The topological polar surface area (TPSA) is 247 Å². The van der Waals surface area contributed by atoms with E-state index in [-0.39, 0.29) is 4.73 Å². The fourth-order valence-electron chi connectivity index (χ4n) is 1.42. The number of hydrogen-bond acceptors (Lipinski definition) is 11. The van der Waals surface area contributed by atoms with Gasteiger partial charge in [0.25, 0.3) is 0 Å². The fourth-order valence-corrected chi connectivity index (χ4v) is 4.41. The van der Waals surface area contributed by atoms with Crippen molar-refractivity contribution in [1.29, 1.82) is 0 Å². The average Bonchev–Trinajstić information content (AvgIpc) is 2.39. The van der Waals surface area contributed by atoms with Crippen molar-refractivity contribution in [1.82, 2.24) is 19.7 Å². The summed E-state index contributed by atoms with van der Waals surface area (Å²) in [7, 11) is -16.9. The number of nitrogens with two attached hydrogens (primary N) is 1. The number of aromatic nitrogens is 4. The normalized spacial score (nSPS) is 17.0. The van der Waals surface area contributed by atoms with Gasteiger partial charge in [0.1, 0.15) is 0 Å². The highest BCUT2D eigenvalue weighted by molar-refractivity contribution is 7.66. The highest BCUT2D eigenvalue weighted by Crippen LogP contribution is 2.65. The molecule has 0 aliphatic rings. The van der Waals surface area contributed by atoms with E-state index < -0.39 is 46.1 Å². The number of anilines is 1. The molecule has 2 atom stereocenters. The van der Waals surface area contributed by atoms with Crippen molar-refractivity contribution in [3.63, 3.8) is 0 Å². The second-order valence-corrected chi connectivity index (χ2v) is 8.30. The lowest BCUT2D eigenvalue weighted by Gasteiger charge is -2.18. The third-order valence-corrected chi connectivity index (χ3v) is 5.80. The molecule has 6 N–H and O–H groups in total. The van der Waals surface area contributed by atoms with Crippen molar-refractivity contribution in [2.45, 2.75) is 0 Å². The number of phosphoric acid groups is 3. The Bertz CT molecular complexity index is 1010. The molecule has 138 valence electrons. The first-order valence-corrected chi connectivity index (χ1v) is 10.1. The molecule has 0 spiro atoms. The fraction of sp³-hybridized carbons (Fsp3) is 0. The van der Waals surface area contributed by atoms with Crippen LogP contribution in [0, 0.1) is 0 Å². The molecule has 0 aliphatic heterocycles. The van der Waals surface area contributed by atoms with Crippen LogP contribution in [0.4, 0.5) is 5.95 Å². The lowest BCUT2D eigenvalue weighted by molar-refractivity contribution is 0.164. The molecule has 2 rings (SSSR count). The van der Waals surface area contributed by atoms with Gasteiger partial charge in [0.2, 0.25) is 11.6 Å². The van der Waals surface area contributed by atoms with Gasteiger partial charge in [-0.3, -0.25) is 9.69 Å². The van der Waals surface area contributed by atoms with E-state index in [0.29, 0.717) is 0 Å². The van der Waals surface area contributed by atoms with Crippen LogP contribution in [0.15, 0.2) is 17.2 Å². The zero-order valence-electron chi connectivity index (χ0n) is 11.5. The van der Waals surface area contributed by atoms with Crippen LogP contribution in [-0.4, -0.2) is 39.3 Å². The molecule has 25 heavy (non-hydrogen) atoms. The summed E-state index contributed by atoms with van der Waals surface area (Å²) in [5, 5.41) is 0. The molecule has 0 aromatic carbocycles. The van der Waals surface area contributed by atoms with Crippen LogP contribution < -0.4 is 15.9 Å². The smallest absolute Gasteiger partial charge is 0.367 e. The van der Waals surface area contributed by atoms with Gasteiger partial charge in [0.05, 0.1) is 0 Å². The lowest BCUT2D eigenvalue weighted by atomic mass is 10.5.